The second-order valence-electron chi connectivity index (χ2n) is 14.0. The van der Waals surface area contributed by atoms with Crippen molar-refractivity contribution in [2.24, 2.45) is 0 Å². The van der Waals surface area contributed by atoms with Crippen LogP contribution < -0.4 is 0 Å². The van der Waals surface area contributed by atoms with Gasteiger partial charge in [0.15, 0.2) is 17.5 Å². The fraction of sp³-hybridized carbons (Fsp3) is 0. The standard InChI is InChI=1S/C51H31N3S/c1-2-11-32(12-3-1)33-21-25-36(26-22-33)49-52-50(54-51(53-49)43-18-10-20-46-48(43)42-17-8-9-19-45(42)55-46)37-27-23-35(24-28-37)47-40-16-7-5-14-38(40)31-44-39-15-6-4-13-34(39)29-30-41(44)47/h1-31H. The van der Waals surface area contributed by atoms with E-state index in [2.05, 4.69) is 182 Å². The molecule has 0 atom stereocenters. The van der Waals surface area contributed by atoms with E-state index in [1.165, 1.54) is 63.6 Å². The van der Waals surface area contributed by atoms with E-state index >= 15 is 0 Å². The summed E-state index contributed by atoms with van der Waals surface area (Å²) in [5.41, 5.74) is 7.60. The largest absolute Gasteiger partial charge is 0.208 e. The van der Waals surface area contributed by atoms with Crippen LogP contribution in [0, 0.1) is 0 Å². The van der Waals surface area contributed by atoms with Crippen LogP contribution in [0.2, 0.25) is 0 Å². The Bertz CT molecular complexity index is 3240. The quantitative estimate of drug-likeness (QED) is 0.131. The van der Waals surface area contributed by atoms with Crippen LogP contribution in [0.15, 0.2) is 188 Å². The molecule has 0 N–H and O–H groups in total. The minimum atomic E-state index is 0.643. The summed E-state index contributed by atoms with van der Waals surface area (Å²) in [5.74, 6) is 1.95. The number of hydrogen-bond acceptors (Lipinski definition) is 4. The van der Waals surface area contributed by atoms with Crippen LogP contribution in [-0.4, -0.2) is 15.0 Å². The summed E-state index contributed by atoms with van der Waals surface area (Å²) in [6.45, 7) is 0. The van der Waals surface area contributed by atoms with E-state index in [-0.39, 0.29) is 0 Å². The minimum absolute atomic E-state index is 0.643. The normalized spacial score (nSPS) is 11.6. The molecule has 4 heteroatoms. The first-order valence-corrected chi connectivity index (χ1v) is 19.3. The molecule has 0 amide bonds. The average Bonchev–Trinajstić information content (AvgIpc) is 3.65. The summed E-state index contributed by atoms with van der Waals surface area (Å²) in [6.07, 6.45) is 0. The SMILES string of the molecule is c1ccc(-c2ccc(-c3nc(-c4ccc(-c5c6ccccc6cc6c5ccc5ccccc56)cc4)nc(-c4cccc5sc6ccccc6c45)n3)cc2)cc1. The van der Waals surface area contributed by atoms with Crippen molar-refractivity contribution in [3.8, 4) is 56.4 Å². The van der Waals surface area contributed by atoms with Gasteiger partial charge in [-0.1, -0.05) is 170 Å². The van der Waals surface area contributed by atoms with E-state index in [1.54, 1.807) is 11.3 Å². The third kappa shape index (κ3) is 5.38. The molecule has 11 aromatic rings. The highest BCUT2D eigenvalue weighted by Crippen LogP contribution is 2.42. The molecular formula is C51H31N3S. The molecule has 9 aromatic carbocycles. The molecule has 256 valence electrons. The van der Waals surface area contributed by atoms with E-state index in [0.29, 0.717) is 17.5 Å². The van der Waals surface area contributed by atoms with Gasteiger partial charge in [0.2, 0.25) is 0 Å². The number of hydrogen-bond donors (Lipinski definition) is 0. The molecule has 0 saturated carbocycles. The molecule has 0 aliphatic carbocycles. The lowest BCUT2D eigenvalue weighted by Gasteiger charge is -2.14. The average molecular weight is 718 g/mol. The maximum Gasteiger partial charge on any atom is 0.164 e. The van der Waals surface area contributed by atoms with Gasteiger partial charge in [0.05, 0.1) is 0 Å². The highest BCUT2D eigenvalue weighted by atomic mass is 32.1. The Morgan fingerprint density at radius 2 is 0.873 bits per heavy atom. The zero-order chi connectivity index (χ0) is 36.3. The lowest BCUT2D eigenvalue weighted by molar-refractivity contribution is 1.08. The highest BCUT2D eigenvalue weighted by Gasteiger charge is 2.18. The number of benzene rings is 9. The molecule has 0 fully saturated rings. The van der Waals surface area contributed by atoms with Gasteiger partial charge in [0, 0.05) is 36.9 Å². The van der Waals surface area contributed by atoms with Crippen LogP contribution in [0.3, 0.4) is 0 Å². The van der Waals surface area contributed by atoms with Crippen molar-refractivity contribution < 1.29 is 0 Å². The monoisotopic (exact) mass is 717 g/mol. The Morgan fingerprint density at radius 3 is 1.64 bits per heavy atom. The first-order valence-electron chi connectivity index (χ1n) is 18.5. The van der Waals surface area contributed by atoms with Crippen molar-refractivity contribution in [2.75, 3.05) is 0 Å². The minimum Gasteiger partial charge on any atom is -0.208 e. The van der Waals surface area contributed by atoms with Gasteiger partial charge in [0.1, 0.15) is 0 Å². The number of aromatic nitrogens is 3. The van der Waals surface area contributed by atoms with Gasteiger partial charge in [-0.05, 0) is 72.8 Å². The van der Waals surface area contributed by atoms with Crippen molar-refractivity contribution in [1.29, 1.82) is 0 Å². The second-order valence-corrected chi connectivity index (χ2v) is 15.0. The summed E-state index contributed by atoms with van der Waals surface area (Å²) < 4.78 is 2.47. The number of thiophene rings is 1. The Labute approximate surface area is 321 Å². The van der Waals surface area contributed by atoms with Crippen LogP contribution in [0.5, 0.6) is 0 Å². The van der Waals surface area contributed by atoms with Gasteiger partial charge in [-0.3, -0.25) is 0 Å². The lowest BCUT2D eigenvalue weighted by atomic mass is 9.89. The summed E-state index contributed by atoms with van der Waals surface area (Å²) in [6, 6.07) is 66.9. The van der Waals surface area contributed by atoms with E-state index in [9.17, 15) is 0 Å². The predicted molar refractivity (Wildman–Crippen MR) is 232 cm³/mol. The third-order valence-electron chi connectivity index (χ3n) is 10.7. The van der Waals surface area contributed by atoms with E-state index < -0.39 is 0 Å². The molecule has 2 heterocycles. The van der Waals surface area contributed by atoms with Crippen molar-refractivity contribution in [3.63, 3.8) is 0 Å². The van der Waals surface area contributed by atoms with Gasteiger partial charge >= 0.3 is 0 Å². The van der Waals surface area contributed by atoms with Crippen LogP contribution in [0.1, 0.15) is 0 Å². The first kappa shape index (κ1) is 31.5. The Morgan fingerprint density at radius 1 is 0.309 bits per heavy atom. The molecule has 0 spiro atoms. The Balaban J connectivity index is 1.08. The van der Waals surface area contributed by atoms with Gasteiger partial charge in [-0.25, -0.2) is 15.0 Å². The molecule has 0 bridgehead atoms. The number of fused-ring (bicyclic) bond motifs is 7. The summed E-state index contributed by atoms with van der Waals surface area (Å²) in [5, 5.41) is 9.86. The second kappa shape index (κ2) is 12.8. The van der Waals surface area contributed by atoms with Gasteiger partial charge < -0.3 is 0 Å². The van der Waals surface area contributed by atoms with E-state index in [4.69, 9.17) is 15.0 Å². The number of nitrogens with zero attached hydrogens (tertiary/aromatic N) is 3. The maximum atomic E-state index is 5.22. The number of rotatable bonds is 5. The molecule has 0 aliphatic heterocycles. The molecule has 2 aromatic heterocycles. The summed E-state index contributed by atoms with van der Waals surface area (Å²) in [4.78, 5) is 15.5. The third-order valence-corrected chi connectivity index (χ3v) is 11.9. The smallest absolute Gasteiger partial charge is 0.164 e. The maximum absolute atomic E-state index is 5.22. The van der Waals surface area contributed by atoms with Crippen LogP contribution in [0.25, 0.3) is 109 Å². The molecule has 0 radical (unpaired) electrons. The van der Waals surface area contributed by atoms with Crippen molar-refractivity contribution in [3.05, 3.63) is 188 Å². The Kier molecular flexibility index (Phi) is 7.35. The van der Waals surface area contributed by atoms with Crippen LogP contribution in [0.4, 0.5) is 0 Å². The highest BCUT2D eigenvalue weighted by molar-refractivity contribution is 7.25. The van der Waals surface area contributed by atoms with Crippen molar-refractivity contribution in [2.45, 2.75) is 0 Å². The van der Waals surface area contributed by atoms with Crippen molar-refractivity contribution >= 4 is 63.8 Å². The fourth-order valence-electron chi connectivity index (χ4n) is 8.08. The van der Waals surface area contributed by atoms with Gasteiger partial charge in [-0.15, -0.1) is 11.3 Å². The van der Waals surface area contributed by atoms with Crippen LogP contribution >= 0.6 is 11.3 Å². The molecule has 3 nitrogen and oxygen atoms in total. The molecule has 0 saturated heterocycles. The lowest BCUT2D eigenvalue weighted by Crippen LogP contribution is -2.00. The first-order chi connectivity index (χ1) is 27.2. The zero-order valence-electron chi connectivity index (χ0n) is 29.6. The van der Waals surface area contributed by atoms with Crippen molar-refractivity contribution in [1.82, 2.24) is 15.0 Å². The Hall–Kier alpha value is -7.01. The van der Waals surface area contributed by atoms with Crippen LogP contribution in [-0.2, 0) is 0 Å². The summed E-state index contributed by atoms with van der Waals surface area (Å²) >= 11 is 1.80. The van der Waals surface area contributed by atoms with E-state index in [1.807, 2.05) is 6.07 Å². The molecule has 0 aliphatic rings. The van der Waals surface area contributed by atoms with Gasteiger partial charge in [0.25, 0.3) is 0 Å². The molecule has 0 unspecified atom stereocenters. The van der Waals surface area contributed by atoms with E-state index in [0.717, 1.165) is 27.8 Å². The molecule has 55 heavy (non-hydrogen) atoms. The molecule has 11 rings (SSSR count). The predicted octanol–water partition coefficient (Wildman–Crippen LogP) is 14.0. The fourth-order valence-corrected chi connectivity index (χ4v) is 9.21. The van der Waals surface area contributed by atoms with Gasteiger partial charge in [-0.2, -0.15) is 0 Å². The summed E-state index contributed by atoms with van der Waals surface area (Å²) in [7, 11) is 0. The zero-order valence-corrected chi connectivity index (χ0v) is 30.5. The topological polar surface area (TPSA) is 38.7 Å². The molecular weight excluding hydrogens is 687 g/mol.